The Morgan fingerprint density at radius 2 is 2.16 bits per heavy atom. The van der Waals surface area contributed by atoms with Crippen molar-refractivity contribution in [2.75, 3.05) is 26.1 Å². The highest BCUT2D eigenvalue weighted by Gasteiger charge is 2.12. The Bertz CT molecular complexity index is 518. The van der Waals surface area contributed by atoms with Crippen molar-refractivity contribution >= 4 is 11.8 Å². The van der Waals surface area contributed by atoms with E-state index in [0.717, 1.165) is 29.0 Å². The van der Waals surface area contributed by atoms with Crippen LogP contribution in [0.3, 0.4) is 0 Å². The molecule has 1 aromatic carbocycles. The number of rotatable bonds is 7. The average molecular weight is 280 g/mol. The molecule has 1 aromatic heterocycles. The van der Waals surface area contributed by atoms with E-state index in [1.165, 1.54) is 0 Å². The molecule has 0 radical (unpaired) electrons. The van der Waals surface area contributed by atoms with Crippen molar-refractivity contribution in [2.24, 2.45) is 0 Å². The van der Waals surface area contributed by atoms with Gasteiger partial charge in [-0.2, -0.15) is 4.68 Å². The molecule has 0 N–H and O–H groups in total. The molecule has 0 atom stereocenters. The van der Waals surface area contributed by atoms with Crippen LogP contribution in [-0.2, 0) is 4.74 Å². The Kier molecular flexibility index (Phi) is 5.17. The summed E-state index contributed by atoms with van der Waals surface area (Å²) in [5, 5.41) is 12.5. The molecule has 0 saturated heterocycles. The molecule has 0 aliphatic heterocycles. The van der Waals surface area contributed by atoms with Gasteiger partial charge in [0.25, 0.3) is 0 Å². The molecular formula is C12H16N4O2S. The number of thioether (sulfide) groups is 1. The average Bonchev–Trinajstić information content (AvgIpc) is 2.92. The second kappa shape index (κ2) is 7.10. The van der Waals surface area contributed by atoms with Crippen molar-refractivity contribution in [1.82, 2.24) is 20.2 Å². The lowest BCUT2D eigenvalue weighted by atomic mass is 10.3. The first kappa shape index (κ1) is 13.8. The third-order valence-electron chi connectivity index (χ3n) is 2.42. The zero-order valence-electron chi connectivity index (χ0n) is 10.9. The van der Waals surface area contributed by atoms with Crippen LogP contribution in [0, 0.1) is 0 Å². The number of hydrogen-bond donors (Lipinski definition) is 0. The fourth-order valence-electron chi connectivity index (χ4n) is 1.56. The summed E-state index contributed by atoms with van der Waals surface area (Å²) in [5.41, 5.74) is 0.828. The highest BCUT2D eigenvalue weighted by Crippen LogP contribution is 2.25. The van der Waals surface area contributed by atoms with Gasteiger partial charge in [0.05, 0.1) is 13.7 Å². The van der Waals surface area contributed by atoms with Gasteiger partial charge in [-0.3, -0.25) is 0 Å². The molecule has 1 heterocycles. The van der Waals surface area contributed by atoms with Crippen molar-refractivity contribution in [3.8, 4) is 11.4 Å². The number of methoxy groups -OCH3 is 1. The maximum Gasteiger partial charge on any atom is 0.214 e. The zero-order chi connectivity index (χ0) is 13.5. The number of benzene rings is 1. The van der Waals surface area contributed by atoms with Crippen molar-refractivity contribution < 1.29 is 9.47 Å². The van der Waals surface area contributed by atoms with Crippen molar-refractivity contribution in [2.45, 2.75) is 12.1 Å². The van der Waals surface area contributed by atoms with Gasteiger partial charge in [-0.15, -0.1) is 5.10 Å². The Balaban J connectivity index is 2.14. The summed E-state index contributed by atoms with van der Waals surface area (Å²) in [6.45, 7) is 3.38. The van der Waals surface area contributed by atoms with Crippen LogP contribution in [0.2, 0.25) is 0 Å². The summed E-state index contributed by atoms with van der Waals surface area (Å²) in [6.07, 6.45) is 0. The standard InChI is InChI=1S/C12H16N4O2S/c1-3-18-8-9-19-12-13-14-15-16(12)10-6-4-5-7-11(10)17-2/h4-7H,3,8-9H2,1-2H3. The molecule has 19 heavy (non-hydrogen) atoms. The molecule has 7 heteroatoms. The molecule has 0 amide bonds. The lowest BCUT2D eigenvalue weighted by molar-refractivity contribution is 0.164. The van der Waals surface area contributed by atoms with Crippen LogP contribution in [0.1, 0.15) is 6.92 Å². The highest BCUT2D eigenvalue weighted by molar-refractivity contribution is 7.99. The van der Waals surface area contributed by atoms with Crippen LogP contribution in [0.4, 0.5) is 0 Å². The molecule has 102 valence electrons. The molecular weight excluding hydrogens is 264 g/mol. The Labute approximate surface area is 116 Å². The second-order valence-electron chi connectivity index (χ2n) is 3.59. The maximum absolute atomic E-state index is 5.32. The van der Waals surface area contributed by atoms with Gasteiger partial charge < -0.3 is 9.47 Å². The summed E-state index contributed by atoms with van der Waals surface area (Å²) in [5.74, 6) is 1.55. The SMILES string of the molecule is CCOCCSc1nnnn1-c1ccccc1OC. The Morgan fingerprint density at radius 3 is 2.95 bits per heavy atom. The summed E-state index contributed by atoms with van der Waals surface area (Å²) < 4.78 is 12.3. The van der Waals surface area contributed by atoms with Gasteiger partial charge in [0.1, 0.15) is 11.4 Å². The smallest absolute Gasteiger partial charge is 0.214 e. The van der Waals surface area contributed by atoms with Gasteiger partial charge in [-0.25, -0.2) is 0 Å². The zero-order valence-corrected chi connectivity index (χ0v) is 11.8. The van der Waals surface area contributed by atoms with E-state index in [0.29, 0.717) is 6.61 Å². The molecule has 0 spiro atoms. The first-order chi connectivity index (χ1) is 9.36. The van der Waals surface area contributed by atoms with Gasteiger partial charge in [-0.05, 0) is 29.5 Å². The molecule has 0 saturated carbocycles. The summed E-state index contributed by atoms with van der Waals surface area (Å²) >= 11 is 1.55. The molecule has 6 nitrogen and oxygen atoms in total. The molecule has 0 aliphatic carbocycles. The van der Waals surface area contributed by atoms with Crippen LogP contribution in [0.5, 0.6) is 5.75 Å². The minimum atomic E-state index is 0.681. The third-order valence-corrected chi connectivity index (χ3v) is 3.30. The van der Waals surface area contributed by atoms with Crippen molar-refractivity contribution in [3.05, 3.63) is 24.3 Å². The topological polar surface area (TPSA) is 62.1 Å². The van der Waals surface area contributed by atoms with Crippen molar-refractivity contribution in [1.29, 1.82) is 0 Å². The minimum absolute atomic E-state index is 0.681. The fraction of sp³-hybridized carbons (Fsp3) is 0.417. The van der Waals surface area contributed by atoms with E-state index >= 15 is 0 Å². The van der Waals surface area contributed by atoms with Crippen LogP contribution in [0.25, 0.3) is 5.69 Å². The van der Waals surface area contributed by atoms with E-state index in [4.69, 9.17) is 9.47 Å². The lowest BCUT2D eigenvalue weighted by Gasteiger charge is -2.08. The molecule has 0 bridgehead atoms. The number of hydrogen-bond acceptors (Lipinski definition) is 6. The fourth-order valence-corrected chi connectivity index (χ4v) is 2.30. The van der Waals surface area contributed by atoms with E-state index in [9.17, 15) is 0 Å². The lowest BCUT2D eigenvalue weighted by Crippen LogP contribution is -2.03. The quantitative estimate of drug-likeness (QED) is 0.569. The van der Waals surface area contributed by atoms with E-state index in [2.05, 4.69) is 15.5 Å². The molecule has 0 aliphatic rings. The summed E-state index contributed by atoms with van der Waals surface area (Å²) in [4.78, 5) is 0. The first-order valence-electron chi connectivity index (χ1n) is 5.99. The highest BCUT2D eigenvalue weighted by atomic mass is 32.2. The van der Waals surface area contributed by atoms with Gasteiger partial charge in [-0.1, -0.05) is 23.9 Å². The summed E-state index contributed by atoms with van der Waals surface area (Å²) in [7, 11) is 1.63. The largest absolute Gasteiger partial charge is 0.494 e. The van der Waals surface area contributed by atoms with E-state index in [-0.39, 0.29) is 0 Å². The van der Waals surface area contributed by atoms with E-state index < -0.39 is 0 Å². The van der Waals surface area contributed by atoms with Gasteiger partial charge in [0, 0.05) is 12.4 Å². The second-order valence-corrected chi connectivity index (χ2v) is 4.65. The Hall–Kier alpha value is -1.60. The molecule has 2 aromatic rings. The molecule has 2 rings (SSSR count). The van der Waals surface area contributed by atoms with Gasteiger partial charge >= 0.3 is 0 Å². The number of tetrazole rings is 1. The first-order valence-corrected chi connectivity index (χ1v) is 6.97. The third kappa shape index (κ3) is 3.45. The van der Waals surface area contributed by atoms with Gasteiger partial charge in [0.15, 0.2) is 0 Å². The van der Waals surface area contributed by atoms with E-state index in [1.54, 1.807) is 23.6 Å². The van der Waals surface area contributed by atoms with Crippen LogP contribution < -0.4 is 4.74 Å². The van der Waals surface area contributed by atoms with Crippen LogP contribution >= 0.6 is 11.8 Å². The molecule has 0 fully saturated rings. The van der Waals surface area contributed by atoms with Crippen LogP contribution in [-0.4, -0.2) is 46.3 Å². The predicted octanol–water partition coefficient (Wildman–Crippen LogP) is 1.80. The minimum Gasteiger partial charge on any atom is -0.494 e. The number of nitrogens with zero attached hydrogens (tertiary/aromatic N) is 4. The number of ether oxygens (including phenoxy) is 2. The Morgan fingerprint density at radius 1 is 1.32 bits per heavy atom. The van der Waals surface area contributed by atoms with Crippen LogP contribution in [0.15, 0.2) is 29.4 Å². The van der Waals surface area contributed by atoms with Gasteiger partial charge in [0.2, 0.25) is 5.16 Å². The normalized spacial score (nSPS) is 10.6. The number of para-hydroxylation sites is 2. The number of aromatic nitrogens is 4. The maximum atomic E-state index is 5.32. The predicted molar refractivity (Wildman–Crippen MR) is 72.9 cm³/mol. The molecule has 0 unspecified atom stereocenters. The van der Waals surface area contributed by atoms with E-state index in [1.807, 2.05) is 31.2 Å². The summed E-state index contributed by atoms with van der Waals surface area (Å²) in [6, 6.07) is 7.64. The van der Waals surface area contributed by atoms with Crippen molar-refractivity contribution in [3.63, 3.8) is 0 Å². The monoisotopic (exact) mass is 280 g/mol.